The number of carbonyl (C=O) groups excluding carboxylic acids is 1. The van der Waals surface area contributed by atoms with Crippen molar-refractivity contribution >= 4 is 27.3 Å². The Balaban J connectivity index is 1.61. The normalized spacial score (nSPS) is 21.9. The van der Waals surface area contributed by atoms with Gasteiger partial charge < -0.3 is 9.64 Å². The van der Waals surface area contributed by atoms with Gasteiger partial charge in [-0.2, -0.15) is 0 Å². The van der Waals surface area contributed by atoms with E-state index in [1.807, 2.05) is 4.90 Å². The fraction of sp³-hybridized carbons (Fsp3) is 0.588. The van der Waals surface area contributed by atoms with E-state index in [4.69, 9.17) is 16.3 Å². The van der Waals surface area contributed by atoms with Gasteiger partial charge >= 0.3 is 0 Å². The second kappa shape index (κ2) is 7.51. The maximum atomic E-state index is 12.8. The van der Waals surface area contributed by atoms with Gasteiger partial charge in [0.2, 0.25) is 0 Å². The molecule has 1 amide bonds. The summed E-state index contributed by atoms with van der Waals surface area (Å²) in [6.07, 6.45) is 1.71. The number of sulfone groups is 1. The highest BCUT2D eigenvalue weighted by atomic mass is 35.5. The molecule has 3 rings (SSSR count). The van der Waals surface area contributed by atoms with E-state index in [0.717, 1.165) is 12.8 Å². The maximum absolute atomic E-state index is 12.8. The molecule has 6 nitrogen and oxygen atoms in total. The Morgan fingerprint density at radius 2 is 1.80 bits per heavy atom. The second-order valence-corrected chi connectivity index (χ2v) is 9.30. The number of likely N-dealkylation sites (tertiary alicyclic amines) is 1. The number of piperidine rings is 1. The zero-order chi connectivity index (χ0) is 18.0. The third-order valence-electron chi connectivity index (χ3n) is 5.04. The molecule has 0 saturated carbocycles. The van der Waals surface area contributed by atoms with Crippen molar-refractivity contribution in [2.24, 2.45) is 0 Å². The number of halogens is 1. The quantitative estimate of drug-likeness (QED) is 0.790. The summed E-state index contributed by atoms with van der Waals surface area (Å²) in [7, 11) is -1.32. The van der Waals surface area contributed by atoms with Crippen LogP contribution in [0, 0.1) is 0 Å². The van der Waals surface area contributed by atoms with E-state index in [9.17, 15) is 13.2 Å². The van der Waals surface area contributed by atoms with Crippen LogP contribution in [0.25, 0.3) is 0 Å². The number of rotatable bonds is 3. The van der Waals surface area contributed by atoms with E-state index in [1.54, 1.807) is 18.2 Å². The van der Waals surface area contributed by atoms with Gasteiger partial charge in [-0.15, -0.1) is 0 Å². The Labute approximate surface area is 153 Å². The molecule has 2 aliphatic heterocycles. The SMILES string of the molecule is COc1ccc(Cl)cc1C(=O)N1CCC(N2CCS(=O)(=O)CC2)CC1. The first-order valence-corrected chi connectivity index (χ1v) is 10.7. The van der Waals surface area contributed by atoms with Crippen molar-refractivity contribution in [2.45, 2.75) is 18.9 Å². The molecular weight excluding hydrogens is 364 g/mol. The monoisotopic (exact) mass is 386 g/mol. The van der Waals surface area contributed by atoms with Gasteiger partial charge in [-0.25, -0.2) is 8.42 Å². The predicted molar refractivity (Wildman–Crippen MR) is 97.2 cm³/mol. The summed E-state index contributed by atoms with van der Waals surface area (Å²) in [5.74, 6) is 0.939. The third-order valence-corrected chi connectivity index (χ3v) is 6.88. The highest BCUT2D eigenvalue weighted by Gasteiger charge is 2.31. The molecule has 0 aliphatic carbocycles. The van der Waals surface area contributed by atoms with E-state index < -0.39 is 9.84 Å². The molecule has 0 atom stereocenters. The molecule has 0 N–H and O–H groups in total. The Kier molecular flexibility index (Phi) is 5.55. The summed E-state index contributed by atoms with van der Waals surface area (Å²) in [5, 5.41) is 0.508. The lowest BCUT2D eigenvalue weighted by atomic mass is 10.0. The number of methoxy groups -OCH3 is 1. The summed E-state index contributed by atoms with van der Waals surface area (Å²) in [4.78, 5) is 16.9. The van der Waals surface area contributed by atoms with Crippen LogP contribution in [0.2, 0.25) is 5.02 Å². The summed E-state index contributed by atoms with van der Waals surface area (Å²) in [6.45, 7) is 2.51. The van der Waals surface area contributed by atoms with Crippen molar-refractivity contribution in [3.63, 3.8) is 0 Å². The minimum absolute atomic E-state index is 0.0704. The lowest BCUT2D eigenvalue weighted by Crippen LogP contribution is -2.51. The molecule has 138 valence electrons. The number of benzene rings is 1. The van der Waals surface area contributed by atoms with E-state index in [1.165, 1.54) is 7.11 Å². The molecule has 2 aliphatic rings. The Morgan fingerprint density at radius 3 is 2.40 bits per heavy atom. The van der Waals surface area contributed by atoms with Gasteiger partial charge in [-0.3, -0.25) is 9.69 Å². The van der Waals surface area contributed by atoms with Gasteiger partial charge in [-0.05, 0) is 31.0 Å². The molecule has 2 heterocycles. The van der Waals surface area contributed by atoms with Gasteiger partial charge in [-0.1, -0.05) is 11.6 Å². The lowest BCUT2D eigenvalue weighted by Gasteiger charge is -2.40. The number of hydrogen-bond acceptors (Lipinski definition) is 5. The molecule has 8 heteroatoms. The van der Waals surface area contributed by atoms with Crippen molar-refractivity contribution in [1.82, 2.24) is 9.80 Å². The Hall–Kier alpha value is -1.31. The Bertz CT molecular complexity index is 731. The van der Waals surface area contributed by atoms with Crippen molar-refractivity contribution in [1.29, 1.82) is 0 Å². The average molecular weight is 387 g/mol. The zero-order valence-electron chi connectivity index (χ0n) is 14.3. The highest BCUT2D eigenvalue weighted by Crippen LogP contribution is 2.26. The largest absolute Gasteiger partial charge is 0.496 e. The van der Waals surface area contributed by atoms with Gasteiger partial charge in [0.1, 0.15) is 5.75 Å². The average Bonchev–Trinajstić information content (AvgIpc) is 2.61. The molecule has 0 unspecified atom stereocenters. The van der Waals surface area contributed by atoms with Crippen LogP contribution in [0.4, 0.5) is 0 Å². The molecule has 1 aromatic rings. The van der Waals surface area contributed by atoms with Crippen molar-refractivity contribution in [2.75, 3.05) is 44.8 Å². The van der Waals surface area contributed by atoms with E-state index in [2.05, 4.69) is 4.90 Å². The van der Waals surface area contributed by atoms with Crippen molar-refractivity contribution < 1.29 is 17.9 Å². The van der Waals surface area contributed by atoms with Crippen LogP contribution < -0.4 is 4.74 Å². The van der Waals surface area contributed by atoms with Crippen molar-refractivity contribution in [3.8, 4) is 5.75 Å². The molecule has 0 spiro atoms. The zero-order valence-corrected chi connectivity index (χ0v) is 15.9. The van der Waals surface area contributed by atoms with Crippen LogP contribution in [0.1, 0.15) is 23.2 Å². The van der Waals surface area contributed by atoms with Crippen LogP contribution in [-0.4, -0.2) is 75.0 Å². The number of ether oxygens (including phenoxy) is 1. The van der Waals surface area contributed by atoms with Gasteiger partial charge in [0.15, 0.2) is 9.84 Å². The molecule has 1 aromatic carbocycles. The standard InChI is InChI=1S/C17H23ClN2O4S/c1-24-16-3-2-13(18)12-15(16)17(21)20-6-4-14(5-7-20)19-8-10-25(22,23)11-9-19/h2-3,12,14H,4-11H2,1H3. The van der Waals surface area contributed by atoms with Crippen LogP contribution in [-0.2, 0) is 9.84 Å². The first-order valence-electron chi connectivity index (χ1n) is 8.47. The Morgan fingerprint density at radius 1 is 1.16 bits per heavy atom. The molecule has 2 saturated heterocycles. The molecule has 0 radical (unpaired) electrons. The summed E-state index contributed by atoms with van der Waals surface area (Å²) >= 11 is 6.02. The number of hydrogen-bond donors (Lipinski definition) is 0. The fourth-order valence-corrected chi connectivity index (χ4v) is 4.95. The van der Waals surface area contributed by atoms with E-state index in [-0.39, 0.29) is 17.4 Å². The van der Waals surface area contributed by atoms with Crippen molar-refractivity contribution in [3.05, 3.63) is 28.8 Å². The van der Waals surface area contributed by atoms with Crippen LogP contribution >= 0.6 is 11.6 Å². The minimum atomic E-state index is -2.86. The molecule has 0 bridgehead atoms. The lowest BCUT2D eigenvalue weighted by molar-refractivity contribution is 0.0626. The topological polar surface area (TPSA) is 66.9 Å². The number of carbonyl (C=O) groups is 1. The maximum Gasteiger partial charge on any atom is 0.257 e. The summed E-state index contributed by atoms with van der Waals surface area (Å²) in [6, 6.07) is 5.40. The van der Waals surface area contributed by atoms with Crippen LogP contribution in [0.3, 0.4) is 0 Å². The van der Waals surface area contributed by atoms with Crippen LogP contribution in [0.5, 0.6) is 5.75 Å². The smallest absolute Gasteiger partial charge is 0.257 e. The predicted octanol–water partition coefficient (Wildman–Crippen LogP) is 1.68. The summed E-state index contributed by atoms with van der Waals surface area (Å²) < 4.78 is 28.4. The third kappa shape index (κ3) is 4.27. The minimum Gasteiger partial charge on any atom is -0.496 e. The summed E-state index contributed by atoms with van der Waals surface area (Å²) in [5.41, 5.74) is 0.484. The molecular formula is C17H23ClN2O4S. The molecule has 2 fully saturated rings. The fourth-order valence-electron chi connectivity index (χ4n) is 3.54. The van der Waals surface area contributed by atoms with Gasteiger partial charge in [0.05, 0.1) is 24.2 Å². The van der Waals surface area contributed by atoms with E-state index >= 15 is 0 Å². The van der Waals surface area contributed by atoms with Gasteiger partial charge in [0.25, 0.3) is 5.91 Å². The number of amides is 1. The molecule has 25 heavy (non-hydrogen) atoms. The number of nitrogens with zero attached hydrogens (tertiary/aromatic N) is 2. The second-order valence-electron chi connectivity index (χ2n) is 6.56. The first kappa shape index (κ1) is 18.5. The van der Waals surface area contributed by atoms with E-state index in [0.29, 0.717) is 48.6 Å². The van der Waals surface area contributed by atoms with Gasteiger partial charge in [0, 0.05) is 37.2 Å². The molecule has 0 aromatic heterocycles. The highest BCUT2D eigenvalue weighted by molar-refractivity contribution is 7.91. The first-order chi connectivity index (χ1) is 11.9. The van der Waals surface area contributed by atoms with Crippen LogP contribution in [0.15, 0.2) is 18.2 Å².